The topological polar surface area (TPSA) is 74.9 Å². The first-order chi connectivity index (χ1) is 15.5. The minimum Gasteiger partial charge on any atom is -0.493 e. The number of carbonyl (C=O) groups is 2. The summed E-state index contributed by atoms with van der Waals surface area (Å²) in [5.74, 6) is 1.27. The maximum atomic E-state index is 13.8. The molecule has 7 heteroatoms. The van der Waals surface area contributed by atoms with Crippen molar-refractivity contribution in [2.24, 2.45) is 0 Å². The number of aromatic nitrogens is 1. The van der Waals surface area contributed by atoms with Crippen molar-refractivity contribution in [1.82, 2.24) is 14.8 Å². The van der Waals surface area contributed by atoms with E-state index in [0.29, 0.717) is 31.0 Å². The highest BCUT2D eigenvalue weighted by Gasteiger charge is 2.53. The molecule has 3 aromatic rings. The number of hydrogen-bond acceptors (Lipinski definition) is 4. The fourth-order valence-corrected chi connectivity index (χ4v) is 5.16. The largest absolute Gasteiger partial charge is 0.493 e. The number of piperazine rings is 1. The molecule has 1 unspecified atom stereocenters. The van der Waals surface area contributed by atoms with Crippen LogP contribution in [-0.4, -0.2) is 60.5 Å². The van der Waals surface area contributed by atoms with Crippen LogP contribution in [0.15, 0.2) is 42.5 Å². The summed E-state index contributed by atoms with van der Waals surface area (Å²) in [6, 6.07) is 13.8. The zero-order valence-electron chi connectivity index (χ0n) is 18.6. The molecule has 0 radical (unpaired) electrons. The maximum Gasteiger partial charge on any atom is 0.254 e. The molecule has 166 valence electrons. The number of methoxy groups -OCH3 is 2. The molecule has 5 rings (SSSR count). The van der Waals surface area contributed by atoms with Gasteiger partial charge in [0.15, 0.2) is 17.0 Å². The molecule has 7 nitrogen and oxygen atoms in total. The molecule has 0 aliphatic carbocycles. The first-order valence-electron chi connectivity index (χ1n) is 10.9. The van der Waals surface area contributed by atoms with E-state index >= 15 is 0 Å². The molecule has 2 aromatic carbocycles. The van der Waals surface area contributed by atoms with E-state index in [4.69, 9.17) is 9.47 Å². The van der Waals surface area contributed by atoms with E-state index in [2.05, 4.69) is 11.1 Å². The first-order valence-corrected chi connectivity index (χ1v) is 10.9. The quantitative estimate of drug-likeness (QED) is 0.672. The van der Waals surface area contributed by atoms with Gasteiger partial charge in [0.25, 0.3) is 5.91 Å². The zero-order chi connectivity index (χ0) is 22.5. The summed E-state index contributed by atoms with van der Waals surface area (Å²) in [5.41, 5.74) is 2.99. The molecule has 1 aromatic heterocycles. The van der Waals surface area contributed by atoms with Crippen LogP contribution < -0.4 is 9.47 Å². The summed E-state index contributed by atoms with van der Waals surface area (Å²) >= 11 is 0. The second kappa shape index (κ2) is 7.58. The van der Waals surface area contributed by atoms with Crippen LogP contribution in [0.5, 0.6) is 11.5 Å². The van der Waals surface area contributed by atoms with Gasteiger partial charge in [-0.2, -0.15) is 0 Å². The van der Waals surface area contributed by atoms with Gasteiger partial charge in [-0.25, -0.2) is 0 Å². The standard InChI is InChI=1S/C25H27N3O4/c1-25-23-18(17-6-4-5-7-19(17)26-23)11-13-28(25)22(29)15-27(24(25)30)12-10-16-8-9-20(31-2)21(14-16)32-3/h4-9,14,26H,10-13,15H2,1-3H3. The molecule has 2 aliphatic rings. The predicted molar refractivity (Wildman–Crippen MR) is 121 cm³/mol. The molecule has 1 N–H and O–H groups in total. The molecule has 0 bridgehead atoms. The van der Waals surface area contributed by atoms with Crippen molar-refractivity contribution in [3.63, 3.8) is 0 Å². The number of nitrogens with zero attached hydrogens (tertiary/aromatic N) is 2. The van der Waals surface area contributed by atoms with Gasteiger partial charge in [0.05, 0.1) is 26.5 Å². The van der Waals surface area contributed by atoms with E-state index in [1.54, 1.807) is 24.0 Å². The Balaban J connectivity index is 1.45. The van der Waals surface area contributed by atoms with Crippen molar-refractivity contribution in [1.29, 1.82) is 0 Å². The molecule has 32 heavy (non-hydrogen) atoms. The Hall–Kier alpha value is -3.48. The van der Waals surface area contributed by atoms with Gasteiger partial charge in [0.1, 0.15) is 0 Å². The molecule has 0 spiro atoms. The number of ether oxygens (including phenoxy) is 2. The van der Waals surface area contributed by atoms with Gasteiger partial charge in [0, 0.05) is 24.0 Å². The molecule has 1 fully saturated rings. The number of benzene rings is 2. The molecule has 1 atom stereocenters. The Morgan fingerprint density at radius 2 is 1.84 bits per heavy atom. The number of amides is 2. The highest BCUT2D eigenvalue weighted by molar-refractivity contribution is 6.00. The lowest BCUT2D eigenvalue weighted by Crippen LogP contribution is -2.67. The molecule has 2 aliphatic heterocycles. The minimum atomic E-state index is -1.01. The van der Waals surface area contributed by atoms with Gasteiger partial charge in [-0.3, -0.25) is 9.59 Å². The maximum absolute atomic E-state index is 13.8. The SMILES string of the molecule is COc1ccc(CCN2CC(=O)N3CCc4c([nH]c5ccccc45)C3(C)C2=O)cc1OC. The smallest absolute Gasteiger partial charge is 0.254 e. The van der Waals surface area contributed by atoms with E-state index in [9.17, 15) is 9.59 Å². The lowest BCUT2D eigenvalue weighted by Gasteiger charge is -2.49. The number of hydrogen-bond donors (Lipinski definition) is 1. The summed E-state index contributed by atoms with van der Waals surface area (Å²) in [4.78, 5) is 33.8. The van der Waals surface area contributed by atoms with E-state index < -0.39 is 5.54 Å². The Labute approximate surface area is 186 Å². The Morgan fingerprint density at radius 1 is 1.06 bits per heavy atom. The molecule has 0 saturated carbocycles. The highest BCUT2D eigenvalue weighted by atomic mass is 16.5. The number of aromatic amines is 1. The van der Waals surface area contributed by atoms with Gasteiger partial charge in [-0.05, 0) is 49.1 Å². The molecule has 3 heterocycles. The number of para-hydroxylation sites is 1. The van der Waals surface area contributed by atoms with Crippen molar-refractivity contribution < 1.29 is 19.1 Å². The van der Waals surface area contributed by atoms with Crippen LogP contribution >= 0.6 is 0 Å². The van der Waals surface area contributed by atoms with Crippen molar-refractivity contribution in [2.45, 2.75) is 25.3 Å². The van der Waals surface area contributed by atoms with Gasteiger partial charge >= 0.3 is 0 Å². The third kappa shape index (κ3) is 2.95. The highest BCUT2D eigenvalue weighted by Crippen LogP contribution is 2.42. The van der Waals surface area contributed by atoms with E-state index in [1.165, 1.54) is 0 Å². The monoisotopic (exact) mass is 433 g/mol. The second-order valence-corrected chi connectivity index (χ2v) is 8.56. The Bertz CT molecular complexity index is 1220. The average Bonchev–Trinajstić information content (AvgIpc) is 3.20. The van der Waals surface area contributed by atoms with Crippen molar-refractivity contribution in [3.8, 4) is 11.5 Å². The Kier molecular flexibility index (Phi) is 4.84. The van der Waals surface area contributed by atoms with Gasteiger partial charge in [0.2, 0.25) is 5.91 Å². The van der Waals surface area contributed by atoms with Crippen LogP contribution in [0.25, 0.3) is 10.9 Å². The van der Waals surface area contributed by atoms with Crippen molar-refractivity contribution >= 4 is 22.7 Å². The van der Waals surface area contributed by atoms with Crippen molar-refractivity contribution in [2.75, 3.05) is 33.9 Å². The van der Waals surface area contributed by atoms with E-state index in [-0.39, 0.29) is 18.4 Å². The number of H-pyrrole nitrogens is 1. The van der Waals surface area contributed by atoms with Gasteiger partial charge in [-0.15, -0.1) is 0 Å². The van der Waals surface area contributed by atoms with Crippen LogP contribution in [0, 0.1) is 0 Å². The lowest BCUT2D eigenvalue weighted by molar-refractivity contribution is -0.165. The third-order valence-electron chi connectivity index (χ3n) is 6.87. The lowest BCUT2D eigenvalue weighted by atomic mass is 9.83. The summed E-state index contributed by atoms with van der Waals surface area (Å²) < 4.78 is 10.7. The molecular formula is C25H27N3O4. The van der Waals surface area contributed by atoms with Crippen LogP contribution in [0.3, 0.4) is 0 Å². The van der Waals surface area contributed by atoms with Crippen LogP contribution in [0.2, 0.25) is 0 Å². The summed E-state index contributed by atoms with van der Waals surface area (Å²) in [7, 11) is 3.20. The zero-order valence-corrected chi connectivity index (χ0v) is 18.6. The number of fused-ring (bicyclic) bond motifs is 5. The second-order valence-electron chi connectivity index (χ2n) is 8.56. The summed E-state index contributed by atoms with van der Waals surface area (Å²) in [6.07, 6.45) is 1.37. The number of rotatable bonds is 5. The van der Waals surface area contributed by atoms with E-state index in [1.807, 2.05) is 43.3 Å². The normalized spacial score (nSPS) is 20.3. The van der Waals surface area contributed by atoms with E-state index in [0.717, 1.165) is 34.1 Å². The van der Waals surface area contributed by atoms with Crippen molar-refractivity contribution in [3.05, 3.63) is 59.3 Å². The van der Waals surface area contributed by atoms with Crippen LogP contribution in [0.4, 0.5) is 0 Å². The average molecular weight is 434 g/mol. The van der Waals surface area contributed by atoms with Gasteiger partial charge < -0.3 is 24.3 Å². The molecule has 1 saturated heterocycles. The third-order valence-corrected chi connectivity index (χ3v) is 6.87. The number of carbonyl (C=O) groups excluding carboxylic acids is 2. The summed E-state index contributed by atoms with van der Waals surface area (Å²) in [6.45, 7) is 3.00. The molecular weight excluding hydrogens is 406 g/mol. The summed E-state index contributed by atoms with van der Waals surface area (Å²) in [5, 5.41) is 1.13. The fourth-order valence-electron chi connectivity index (χ4n) is 5.16. The Morgan fingerprint density at radius 3 is 2.62 bits per heavy atom. The van der Waals surface area contributed by atoms with Gasteiger partial charge in [-0.1, -0.05) is 24.3 Å². The molecule has 2 amide bonds. The minimum absolute atomic E-state index is 0.0104. The first kappa shape index (κ1) is 20.4. The number of nitrogens with one attached hydrogen (secondary N) is 1. The van der Waals surface area contributed by atoms with Crippen LogP contribution in [-0.2, 0) is 28.0 Å². The fraction of sp³-hybridized carbons (Fsp3) is 0.360. The predicted octanol–water partition coefficient (Wildman–Crippen LogP) is 2.87. The van der Waals surface area contributed by atoms with Crippen LogP contribution in [0.1, 0.15) is 23.7 Å².